The molecule has 0 aliphatic rings. The van der Waals surface area contributed by atoms with Gasteiger partial charge in [-0.25, -0.2) is 4.79 Å². The van der Waals surface area contributed by atoms with E-state index < -0.39 is 11.7 Å². The number of nitrogens with one attached hydrogen (secondary N) is 2. The first kappa shape index (κ1) is 19.3. The standard InChI is InChI=1S/C16H24BrClN2O2/c1-5-13(10-20-15(21)22-16(2,3)4)19-9-11-8-12(17)6-7-14(11)18/h6-8,13,19H,5,9-10H2,1-4H3,(H,20,21). The van der Waals surface area contributed by atoms with Crippen molar-refractivity contribution >= 4 is 33.6 Å². The molecular formula is C16H24BrClN2O2. The fraction of sp³-hybridized carbons (Fsp3) is 0.562. The van der Waals surface area contributed by atoms with Crippen LogP contribution in [-0.4, -0.2) is 24.3 Å². The average molecular weight is 392 g/mol. The number of rotatable bonds is 6. The fourth-order valence-corrected chi connectivity index (χ4v) is 2.41. The van der Waals surface area contributed by atoms with Crippen LogP contribution in [0, 0.1) is 0 Å². The Hall–Kier alpha value is -0.780. The van der Waals surface area contributed by atoms with E-state index in [-0.39, 0.29) is 6.04 Å². The van der Waals surface area contributed by atoms with Crippen LogP contribution in [0.5, 0.6) is 0 Å². The Kier molecular flexibility index (Phi) is 7.66. The van der Waals surface area contributed by atoms with Gasteiger partial charge in [-0.15, -0.1) is 0 Å². The Labute approximate surface area is 146 Å². The van der Waals surface area contributed by atoms with E-state index in [4.69, 9.17) is 16.3 Å². The molecule has 0 saturated carbocycles. The monoisotopic (exact) mass is 390 g/mol. The molecule has 0 saturated heterocycles. The summed E-state index contributed by atoms with van der Waals surface area (Å²) in [4.78, 5) is 11.7. The summed E-state index contributed by atoms with van der Waals surface area (Å²) in [6.45, 7) is 8.76. The summed E-state index contributed by atoms with van der Waals surface area (Å²) < 4.78 is 6.22. The minimum atomic E-state index is -0.483. The second kappa shape index (κ2) is 8.75. The molecule has 0 heterocycles. The molecule has 2 N–H and O–H groups in total. The first-order valence-corrected chi connectivity index (χ1v) is 8.52. The lowest BCUT2D eigenvalue weighted by molar-refractivity contribution is 0.0522. The molecule has 0 bridgehead atoms. The SMILES string of the molecule is CCC(CNC(=O)OC(C)(C)C)NCc1cc(Br)ccc1Cl. The largest absolute Gasteiger partial charge is 0.444 e. The van der Waals surface area contributed by atoms with Gasteiger partial charge >= 0.3 is 6.09 Å². The summed E-state index contributed by atoms with van der Waals surface area (Å²) in [7, 11) is 0. The zero-order chi connectivity index (χ0) is 16.8. The molecule has 22 heavy (non-hydrogen) atoms. The summed E-state index contributed by atoms with van der Waals surface area (Å²) in [6, 6.07) is 5.92. The molecule has 1 aromatic rings. The molecule has 1 unspecified atom stereocenters. The van der Waals surface area contributed by atoms with E-state index in [2.05, 4.69) is 33.5 Å². The summed E-state index contributed by atoms with van der Waals surface area (Å²) in [5.74, 6) is 0. The Morgan fingerprint density at radius 1 is 1.41 bits per heavy atom. The number of alkyl carbamates (subject to hydrolysis) is 1. The van der Waals surface area contributed by atoms with Crippen LogP contribution in [0.25, 0.3) is 0 Å². The average Bonchev–Trinajstić information content (AvgIpc) is 2.40. The molecular weight excluding hydrogens is 368 g/mol. The van der Waals surface area contributed by atoms with Gasteiger partial charge in [-0.3, -0.25) is 0 Å². The zero-order valence-electron chi connectivity index (χ0n) is 13.5. The van der Waals surface area contributed by atoms with E-state index in [0.717, 1.165) is 21.5 Å². The number of hydrogen-bond donors (Lipinski definition) is 2. The molecule has 1 atom stereocenters. The van der Waals surface area contributed by atoms with Crippen LogP contribution in [0.4, 0.5) is 4.79 Å². The minimum absolute atomic E-state index is 0.155. The number of hydrogen-bond acceptors (Lipinski definition) is 3. The van der Waals surface area contributed by atoms with Gasteiger partial charge in [0.1, 0.15) is 5.60 Å². The quantitative estimate of drug-likeness (QED) is 0.751. The predicted octanol–water partition coefficient (Wildman–Crippen LogP) is 4.50. The second-order valence-corrected chi connectivity index (χ2v) is 7.43. The number of ether oxygens (including phenoxy) is 1. The number of amides is 1. The van der Waals surface area contributed by atoms with Crippen molar-refractivity contribution in [3.63, 3.8) is 0 Å². The van der Waals surface area contributed by atoms with Crippen LogP contribution in [0.3, 0.4) is 0 Å². The third kappa shape index (κ3) is 7.47. The first-order chi connectivity index (χ1) is 10.2. The highest BCUT2D eigenvalue weighted by Crippen LogP contribution is 2.20. The Bertz CT molecular complexity index is 503. The smallest absolute Gasteiger partial charge is 0.407 e. The lowest BCUT2D eigenvalue weighted by atomic mass is 10.2. The normalized spacial score (nSPS) is 12.8. The van der Waals surface area contributed by atoms with E-state index in [1.165, 1.54) is 0 Å². The van der Waals surface area contributed by atoms with Crippen molar-refractivity contribution < 1.29 is 9.53 Å². The molecule has 0 spiro atoms. The van der Waals surface area contributed by atoms with Crippen molar-refractivity contribution in [1.82, 2.24) is 10.6 Å². The first-order valence-electron chi connectivity index (χ1n) is 7.35. The van der Waals surface area contributed by atoms with E-state index in [1.54, 1.807) is 0 Å². The van der Waals surface area contributed by atoms with Gasteiger partial charge < -0.3 is 15.4 Å². The minimum Gasteiger partial charge on any atom is -0.444 e. The Balaban J connectivity index is 2.45. The molecule has 0 aliphatic carbocycles. The van der Waals surface area contributed by atoms with Gasteiger partial charge in [-0.2, -0.15) is 0 Å². The highest BCUT2D eigenvalue weighted by Gasteiger charge is 2.17. The highest BCUT2D eigenvalue weighted by atomic mass is 79.9. The summed E-state index contributed by atoms with van der Waals surface area (Å²) in [6.07, 6.45) is 0.495. The van der Waals surface area contributed by atoms with Crippen LogP contribution in [-0.2, 0) is 11.3 Å². The molecule has 1 rings (SSSR count). The molecule has 6 heteroatoms. The van der Waals surface area contributed by atoms with Crippen molar-refractivity contribution in [3.8, 4) is 0 Å². The van der Waals surface area contributed by atoms with Crippen molar-refractivity contribution in [2.24, 2.45) is 0 Å². The van der Waals surface area contributed by atoms with Gasteiger partial charge in [0.15, 0.2) is 0 Å². The van der Waals surface area contributed by atoms with Gasteiger partial charge in [-0.1, -0.05) is 34.5 Å². The van der Waals surface area contributed by atoms with Crippen LogP contribution >= 0.6 is 27.5 Å². The van der Waals surface area contributed by atoms with E-state index in [0.29, 0.717) is 13.1 Å². The summed E-state index contributed by atoms with van der Waals surface area (Å²) in [5.41, 5.74) is 0.537. The molecule has 1 amide bonds. The third-order valence-electron chi connectivity index (χ3n) is 2.97. The highest BCUT2D eigenvalue weighted by molar-refractivity contribution is 9.10. The fourth-order valence-electron chi connectivity index (χ4n) is 1.81. The van der Waals surface area contributed by atoms with E-state index >= 15 is 0 Å². The van der Waals surface area contributed by atoms with Crippen LogP contribution < -0.4 is 10.6 Å². The van der Waals surface area contributed by atoms with Gasteiger partial charge in [-0.05, 0) is 51.0 Å². The number of benzene rings is 1. The van der Waals surface area contributed by atoms with E-state index in [9.17, 15) is 4.79 Å². The third-order valence-corrected chi connectivity index (χ3v) is 3.84. The van der Waals surface area contributed by atoms with Gasteiger partial charge in [0.25, 0.3) is 0 Å². The molecule has 0 aromatic heterocycles. The maximum atomic E-state index is 11.7. The zero-order valence-corrected chi connectivity index (χ0v) is 15.8. The molecule has 0 aliphatic heterocycles. The number of carbonyl (C=O) groups is 1. The molecule has 4 nitrogen and oxygen atoms in total. The predicted molar refractivity (Wildman–Crippen MR) is 94.3 cm³/mol. The Morgan fingerprint density at radius 2 is 2.09 bits per heavy atom. The molecule has 0 radical (unpaired) electrons. The number of halogens is 2. The lowest BCUT2D eigenvalue weighted by Crippen LogP contribution is -2.42. The van der Waals surface area contributed by atoms with Crippen molar-refractivity contribution in [1.29, 1.82) is 0 Å². The van der Waals surface area contributed by atoms with Crippen LogP contribution in [0.2, 0.25) is 5.02 Å². The van der Waals surface area contributed by atoms with Crippen molar-refractivity contribution in [2.45, 2.75) is 52.3 Å². The van der Waals surface area contributed by atoms with Gasteiger partial charge in [0.2, 0.25) is 0 Å². The summed E-state index contributed by atoms with van der Waals surface area (Å²) >= 11 is 9.61. The molecule has 0 fully saturated rings. The van der Waals surface area contributed by atoms with Crippen LogP contribution in [0.1, 0.15) is 39.7 Å². The van der Waals surface area contributed by atoms with Crippen molar-refractivity contribution in [2.75, 3.05) is 6.54 Å². The molecule has 1 aromatic carbocycles. The Morgan fingerprint density at radius 3 is 2.68 bits per heavy atom. The van der Waals surface area contributed by atoms with E-state index in [1.807, 2.05) is 39.0 Å². The maximum absolute atomic E-state index is 11.7. The topological polar surface area (TPSA) is 50.4 Å². The van der Waals surface area contributed by atoms with Crippen molar-refractivity contribution in [3.05, 3.63) is 33.3 Å². The molecule has 124 valence electrons. The lowest BCUT2D eigenvalue weighted by Gasteiger charge is -2.22. The van der Waals surface area contributed by atoms with Gasteiger partial charge in [0.05, 0.1) is 0 Å². The van der Waals surface area contributed by atoms with Gasteiger partial charge in [0, 0.05) is 28.6 Å². The summed E-state index contributed by atoms with van der Waals surface area (Å²) in [5, 5.41) is 6.91. The maximum Gasteiger partial charge on any atom is 0.407 e. The number of carbonyl (C=O) groups excluding carboxylic acids is 1. The second-order valence-electron chi connectivity index (χ2n) is 6.10. The van der Waals surface area contributed by atoms with Crippen LogP contribution in [0.15, 0.2) is 22.7 Å².